The summed E-state index contributed by atoms with van der Waals surface area (Å²) in [5.41, 5.74) is 1.41. The monoisotopic (exact) mass is 360 g/mol. The lowest BCUT2D eigenvalue weighted by molar-refractivity contribution is -0.0712. The molecule has 1 aliphatic heterocycles. The van der Waals surface area contributed by atoms with Crippen LogP contribution in [0.2, 0.25) is 0 Å². The van der Waals surface area contributed by atoms with Gasteiger partial charge in [0, 0.05) is 9.80 Å². The number of benzene rings is 2. The summed E-state index contributed by atoms with van der Waals surface area (Å²) in [5.74, 6) is 0.0231. The zero-order valence-electron chi connectivity index (χ0n) is 13.8. The van der Waals surface area contributed by atoms with Crippen molar-refractivity contribution in [1.82, 2.24) is 0 Å². The topological polar surface area (TPSA) is 35.5 Å². The molecule has 2 aromatic rings. The zero-order chi connectivity index (χ0) is 16.9. The number of hydrogen-bond acceptors (Lipinski definition) is 5. The number of carbonyl (C=O) groups excluding carboxylic acids is 1. The molecule has 1 atom stereocenters. The second kappa shape index (κ2) is 8.21. The van der Waals surface area contributed by atoms with Gasteiger partial charge < -0.3 is 9.47 Å². The Balaban J connectivity index is 2.02. The van der Waals surface area contributed by atoms with Crippen molar-refractivity contribution >= 4 is 40.1 Å². The number of rotatable bonds is 5. The fraction of sp³-hybridized carbons (Fsp3) is 0.316. The molecule has 0 aromatic heterocycles. The first-order valence-electron chi connectivity index (χ1n) is 7.79. The maximum atomic E-state index is 13.2. The fourth-order valence-corrected chi connectivity index (χ4v) is 4.37. The maximum absolute atomic E-state index is 13.2. The Morgan fingerprint density at radius 3 is 2.46 bits per heavy atom. The number of ether oxygens (including phenoxy) is 2. The molecule has 5 heteroatoms. The van der Waals surface area contributed by atoms with Crippen molar-refractivity contribution in [2.24, 2.45) is 0 Å². The highest BCUT2D eigenvalue weighted by atomic mass is 32.2. The molecule has 1 aliphatic rings. The summed E-state index contributed by atoms with van der Waals surface area (Å²) in [7, 11) is 0. The van der Waals surface area contributed by atoms with Crippen LogP contribution >= 0.6 is 23.5 Å². The van der Waals surface area contributed by atoms with E-state index in [0.29, 0.717) is 31.0 Å². The molecule has 24 heavy (non-hydrogen) atoms. The molecule has 1 heterocycles. The van der Waals surface area contributed by atoms with Gasteiger partial charge in [0.25, 0.3) is 0 Å². The molecule has 0 N–H and O–H groups in total. The quantitative estimate of drug-likeness (QED) is 0.584. The zero-order valence-corrected chi connectivity index (χ0v) is 15.4. The van der Waals surface area contributed by atoms with Crippen LogP contribution in [0, 0.1) is 0 Å². The van der Waals surface area contributed by atoms with Crippen LogP contribution in [-0.4, -0.2) is 44.2 Å². The predicted octanol–water partition coefficient (Wildman–Crippen LogP) is 4.38. The Hall–Kier alpha value is -1.27. The Labute approximate surface area is 150 Å². The van der Waals surface area contributed by atoms with E-state index >= 15 is 0 Å². The lowest BCUT2D eigenvalue weighted by Crippen LogP contribution is -2.33. The van der Waals surface area contributed by atoms with Crippen LogP contribution in [0.25, 0.3) is 10.8 Å². The van der Waals surface area contributed by atoms with Gasteiger partial charge in [-0.2, -0.15) is 0 Å². The molecule has 126 valence electrons. The molecule has 1 saturated heterocycles. The van der Waals surface area contributed by atoms with E-state index in [-0.39, 0.29) is 11.9 Å². The third-order valence-electron chi connectivity index (χ3n) is 3.98. The standard InChI is InChI=1S/C19H20O3S2/c1-23-19(24-2)17(16-12-21-9-10-22-16)18(20)15-8-7-13-5-3-4-6-14(13)11-15/h3-8,11,16H,9-10,12H2,1-2H3. The number of carbonyl (C=O) groups is 1. The van der Waals surface area contributed by atoms with E-state index in [4.69, 9.17) is 9.47 Å². The number of thioether (sulfide) groups is 2. The summed E-state index contributed by atoms with van der Waals surface area (Å²) in [6, 6.07) is 13.9. The second-order valence-electron chi connectivity index (χ2n) is 5.43. The molecular weight excluding hydrogens is 340 g/mol. The number of Topliss-reactive ketones (excluding diaryl/α,β-unsaturated/α-hetero) is 1. The second-order valence-corrected chi connectivity index (χ2v) is 7.33. The van der Waals surface area contributed by atoms with E-state index in [0.717, 1.165) is 15.0 Å². The Kier molecular flexibility index (Phi) is 6.00. The van der Waals surface area contributed by atoms with Crippen LogP contribution in [0.15, 0.2) is 52.3 Å². The van der Waals surface area contributed by atoms with E-state index in [2.05, 4.69) is 0 Å². The van der Waals surface area contributed by atoms with Gasteiger partial charge in [-0.15, -0.1) is 23.5 Å². The first kappa shape index (κ1) is 17.5. The Bertz CT molecular complexity index is 758. The van der Waals surface area contributed by atoms with Gasteiger partial charge in [-0.1, -0.05) is 36.4 Å². The van der Waals surface area contributed by atoms with Gasteiger partial charge >= 0.3 is 0 Å². The van der Waals surface area contributed by atoms with E-state index in [1.165, 1.54) is 0 Å². The van der Waals surface area contributed by atoms with Crippen molar-refractivity contribution in [1.29, 1.82) is 0 Å². The highest BCUT2D eigenvalue weighted by molar-refractivity contribution is 8.21. The molecule has 3 rings (SSSR count). The smallest absolute Gasteiger partial charge is 0.193 e. The normalized spacial score (nSPS) is 17.7. The Morgan fingerprint density at radius 1 is 1.04 bits per heavy atom. The molecule has 2 aromatic carbocycles. The Morgan fingerprint density at radius 2 is 1.79 bits per heavy atom. The summed E-state index contributed by atoms with van der Waals surface area (Å²) < 4.78 is 12.3. The first-order valence-corrected chi connectivity index (χ1v) is 10.2. The lowest BCUT2D eigenvalue weighted by atomic mass is 9.97. The molecule has 1 fully saturated rings. The molecule has 0 saturated carbocycles. The van der Waals surface area contributed by atoms with E-state index in [1.54, 1.807) is 23.5 Å². The average molecular weight is 361 g/mol. The molecule has 0 amide bonds. The highest BCUT2D eigenvalue weighted by Crippen LogP contribution is 2.33. The van der Waals surface area contributed by atoms with Crippen LogP contribution in [0.4, 0.5) is 0 Å². The van der Waals surface area contributed by atoms with Gasteiger partial charge in [-0.3, -0.25) is 4.79 Å². The summed E-state index contributed by atoms with van der Waals surface area (Å²) in [6.07, 6.45) is 3.68. The lowest BCUT2D eigenvalue weighted by Gasteiger charge is -2.26. The summed E-state index contributed by atoms with van der Waals surface area (Å²) in [6.45, 7) is 1.54. The molecule has 3 nitrogen and oxygen atoms in total. The van der Waals surface area contributed by atoms with Gasteiger partial charge in [0.1, 0.15) is 6.10 Å². The molecule has 0 radical (unpaired) electrons. The van der Waals surface area contributed by atoms with Crippen molar-refractivity contribution in [2.45, 2.75) is 6.10 Å². The predicted molar refractivity (Wildman–Crippen MR) is 103 cm³/mol. The SMILES string of the molecule is CSC(SC)=C(C(=O)c1ccc2ccccc2c1)C1COCCO1. The van der Waals surface area contributed by atoms with E-state index < -0.39 is 0 Å². The number of ketones is 1. The van der Waals surface area contributed by atoms with Crippen molar-refractivity contribution < 1.29 is 14.3 Å². The molecule has 1 unspecified atom stereocenters. The summed E-state index contributed by atoms with van der Waals surface area (Å²) >= 11 is 3.17. The van der Waals surface area contributed by atoms with Crippen molar-refractivity contribution in [2.75, 3.05) is 32.3 Å². The van der Waals surface area contributed by atoms with Crippen LogP contribution in [-0.2, 0) is 9.47 Å². The van der Waals surface area contributed by atoms with Crippen LogP contribution < -0.4 is 0 Å². The van der Waals surface area contributed by atoms with Gasteiger partial charge in [0.05, 0.1) is 25.4 Å². The minimum atomic E-state index is -0.298. The van der Waals surface area contributed by atoms with E-state index in [1.807, 2.05) is 55.0 Å². The van der Waals surface area contributed by atoms with Gasteiger partial charge in [-0.25, -0.2) is 0 Å². The van der Waals surface area contributed by atoms with Gasteiger partial charge in [0.2, 0.25) is 0 Å². The maximum Gasteiger partial charge on any atom is 0.193 e. The molecule has 0 bridgehead atoms. The molecular formula is C19H20O3S2. The van der Waals surface area contributed by atoms with Crippen molar-refractivity contribution in [3.05, 3.63) is 57.8 Å². The van der Waals surface area contributed by atoms with Gasteiger partial charge in [0.15, 0.2) is 5.78 Å². The van der Waals surface area contributed by atoms with Crippen molar-refractivity contribution in [3.8, 4) is 0 Å². The van der Waals surface area contributed by atoms with Gasteiger partial charge in [-0.05, 0) is 29.4 Å². The van der Waals surface area contributed by atoms with Crippen LogP contribution in [0.5, 0.6) is 0 Å². The fourth-order valence-electron chi connectivity index (χ4n) is 2.81. The minimum Gasteiger partial charge on any atom is -0.376 e. The highest BCUT2D eigenvalue weighted by Gasteiger charge is 2.28. The summed E-state index contributed by atoms with van der Waals surface area (Å²) in [4.78, 5) is 13.2. The average Bonchev–Trinajstić information content (AvgIpc) is 2.65. The first-order chi connectivity index (χ1) is 11.7. The largest absolute Gasteiger partial charge is 0.376 e. The number of hydrogen-bond donors (Lipinski definition) is 0. The molecule has 0 aliphatic carbocycles. The van der Waals surface area contributed by atoms with Crippen molar-refractivity contribution in [3.63, 3.8) is 0 Å². The van der Waals surface area contributed by atoms with E-state index in [9.17, 15) is 4.79 Å². The summed E-state index contributed by atoms with van der Waals surface area (Å²) in [5, 5.41) is 2.20. The number of fused-ring (bicyclic) bond motifs is 1. The third-order valence-corrected chi connectivity index (χ3v) is 6.17. The third kappa shape index (κ3) is 3.70. The minimum absolute atomic E-state index is 0.0231. The van der Waals surface area contributed by atoms with Crippen LogP contribution in [0.1, 0.15) is 10.4 Å². The molecule has 0 spiro atoms. The van der Waals surface area contributed by atoms with Crippen LogP contribution in [0.3, 0.4) is 0 Å².